The Labute approximate surface area is 113 Å². The Balaban J connectivity index is 2.01. The summed E-state index contributed by atoms with van der Waals surface area (Å²) < 4.78 is 1.05. The maximum Gasteiger partial charge on any atom is 0.229 e. The van der Waals surface area contributed by atoms with E-state index < -0.39 is 0 Å². The van der Waals surface area contributed by atoms with Gasteiger partial charge in [0.25, 0.3) is 0 Å². The summed E-state index contributed by atoms with van der Waals surface area (Å²) in [4.78, 5) is 12.9. The second-order valence-corrected chi connectivity index (χ2v) is 6.29. The molecule has 0 aliphatic heterocycles. The minimum absolute atomic E-state index is 0.0219. The van der Waals surface area contributed by atoms with Gasteiger partial charge in [-0.2, -0.15) is 0 Å². The van der Waals surface area contributed by atoms with Crippen LogP contribution in [0, 0.1) is 6.92 Å². The highest BCUT2D eigenvalue weighted by Crippen LogP contribution is 2.23. The van der Waals surface area contributed by atoms with Gasteiger partial charge in [0, 0.05) is 10.6 Å². The van der Waals surface area contributed by atoms with Crippen molar-refractivity contribution in [2.45, 2.75) is 13.3 Å². The van der Waals surface area contributed by atoms with Gasteiger partial charge in [0.15, 0.2) is 0 Å². The summed E-state index contributed by atoms with van der Waals surface area (Å²) in [6.07, 6.45) is 0.421. The number of halogens is 1. The van der Waals surface area contributed by atoms with Crippen molar-refractivity contribution in [3.8, 4) is 0 Å². The number of aryl methyl sites for hydroxylation is 1. The number of carbonyl (C=O) groups excluding carboxylic acids is 1. The van der Waals surface area contributed by atoms with Gasteiger partial charge in [-0.1, -0.05) is 18.2 Å². The predicted molar refractivity (Wildman–Crippen MR) is 75.5 cm³/mol. The number of hydrogen-bond acceptors (Lipinski definition) is 2. The van der Waals surface area contributed by atoms with Crippen molar-refractivity contribution >= 4 is 38.9 Å². The lowest BCUT2D eigenvalue weighted by Crippen LogP contribution is -2.14. The van der Waals surface area contributed by atoms with Crippen molar-refractivity contribution < 1.29 is 4.79 Å². The SMILES string of the molecule is Cc1ccccc1NC(=O)Cc1ccc(Br)s1. The first-order valence-corrected chi connectivity index (χ1v) is 6.86. The number of thiophene rings is 1. The van der Waals surface area contributed by atoms with E-state index in [1.165, 1.54) is 0 Å². The molecule has 1 aromatic heterocycles. The van der Waals surface area contributed by atoms with Gasteiger partial charge in [0.1, 0.15) is 0 Å². The van der Waals surface area contributed by atoms with Crippen LogP contribution in [0.1, 0.15) is 10.4 Å². The zero-order valence-corrected chi connectivity index (χ0v) is 11.8. The van der Waals surface area contributed by atoms with E-state index in [1.807, 2.05) is 43.3 Å². The molecule has 1 aromatic carbocycles. The summed E-state index contributed by atoms with van der Waals surface area (Å²) in [5.74, 6) is 0.0219. The summed E-state index contributed by atoms with van der Waals surface area (Å²) in [5.41, 5.74) is 1.96. The average Bonchev–Trinajstić information content (AvgIpc) is 2.67. The van der Waals surface area contributed by atoms with Gasteiger partial charge in [-0.05, 0) is 46.6 Å². The normalized spacial score (nSPS) is 10.2. The highest BCUT2D eigenvalue weighted by Gasteiger charge is 2.07. The summed E-state index contributed by atoms with van der Waals surface area (Å²) in [5, 5.41) is 2.92. The number of rotatable bonds is 3. The molecule has 0 aliphatic carbocycles. The third-order valence-electron chi connectivity index (χ3n) is 2.38. The zero-order chi connectivity index (χ0) is 12.3. The second-order valence-electron chi connectivity index (χ2n) is 3.75. The third-order valence-corrected chi connectivity index (χ3v) is 4.01. The Kier molecular flexibility index (Phi) is 3.97. The highest BCUT2D eigenvalue weighted by molar-refractivity contribution is 9.11. The maximum atomic E-state index is 11.8. The quantitative estimate of drug-likeness (QED) is 0.912. The minimum atomic E-state index is 0.0219. The third kappa shape index (κ3) is 3.41. The average molecular weight is 310 g/mol. The molecule has 0 radical (unpaired) electrons. The van der Waals surface area contributed by atoms with Crippen LogP contribution < -0.4 is 5.32 Å². The standard InChI is InChI=1S/C13H12BrNOS/c1-9-4-2-3-5-11(9)15-13(16)8-10-6-7-12(14)17-10/h2-7H,8H2,1H3,(H,15,16). The molecule has 1 heterocycles. The molecular formula is C13H12BrNOS. The van der Waals surface area contributed by atoms with Gasteiger partial charge in [0.05, 0.1) is 10.2 Å². The van der Waals surface area contributed by atoms with Crippen LogP contribution >= 0.6 is 27.3 Å². The number of hydrogen-bond donors (Lipinski definition) is 1. The fourth-order valence-corrected chi connectivity index (χ4v) is 2.99. The number of nitrogens with one attached hydrogen (secondary N) is 1. The number of amides is 1. The largest absolute Gasteiger partial charge is 0.326 e. The van der Waals surface area contributed by atoms with Crippen LogP contribution in [0.2, 0.25) is 0 Å². The molecule has 2 rings (SSSR count). The van der Waals surface area contributed by atoms with E-state index in [0.717, 1.165) is 19.9 Å². The lowest BCUT2D eigenvalue weighted by atomic mass is 10.2. The Morgan fingerprint density at radius 3 is 2.71 bits per heavy atom. The van der Waals surface area contributed by atoms with Crippen LogP contribution in [0.3, 0.4) is 0 Å². The molecule has 1 N–H and O–H groups in total. The fourth-order valence-electron chi connectivity index (χ4n) is 1.51. The van der Waals surface area contributed by atoms with E-state index in [9.17, 15) is 4.79 Å². The van der Waals surface area contributed by atoms with E-state index in [2.05, 4.69) is 21.2 Å². The molecular weight excluding hydrogens is 298 g/mol. The van der Waals surface area contributed by atoms with Gasteiger partial charge in [0.2, 0.25) is 5.91 Å². The van der Waals surface area contributed by atoms with Crippen molar-refractivity contribution in [1.82, 2.24) is 0 Å². The molecule has 2 nitrogen and oxygen atoms in total. The molecule has 0 saturated carbocycles. The molecule has 4 heteroatoms. The fraction of sp³-hybridized carbons (Fsp3) is 0.154. The van der Waals surface area contributed by atoms with E-state index in [4.69, 9.17) is 0 Å². The molecule has 17 heavy (non-hydrogen) atoms. The second kappa shape index (κ2) is 5.47. The number of carbonyl (C=O) groups is 1. The summed E-state index contributed by atoms with van der Waals surface area (Å²) in [6.45, 7) is 1.98. The summed E-state index contributed by atoms with van der Waals surface area (Å²) in [7, 11) is 0. The van der Waals surface area contributed by atoms with Crippen molar-refractivity contribution in [3.05, 3.63) is 50.6 Å². The number of para-hydroxylation sites is 1. The van der Waals surface area contributed by atoms with E-state index in [0.29, 0.717) is 6.42 Å². The molecule has 0 bridgehead atoms. The lowest BCUT2D eigenvalue weighted by molar-refractivity contribution is -0.115. The Morgan fingerprint density at radius 1 is 1.29 bits per heavy atom. The van der Waals surface area contributed by atoms with Crippen molar-refractivity contribution in [3.63, 3.8) is 0 Å². The molecule has 1 amide bonds. The topological polar surface area (TPSA) is 29.1 Å². The van der Waals surface area contributed by atoms with Crippen molar-refractivity contribution in [2.75, 3.05) is 5.32 Å². The Morgan fingerprint density at radius 2 is 2.06 bits per heavy atom. The van der Waals surface area contributed by atoms with E-state index >= 15 is 0 Å². The van der Waals surface area contributed by atoms with Gasteiger partial charge < -0.3 is 5.32 Å². The van der Waals surface area contributed by atoms with Crippen LogP contribution in [-0.2, 0) is 11.2 Å². The van der Waals surface area contributed by atoms with Gasteiger partial charge in [-0.25, -0.2) is 0 Å². The molecule has 0 unspecified atom stereocenters. The van der Waals surface area contributed by atoms with Crippen LogP contribution in [0.4, 0.5) is 5.69 Å². The molecule has 0 atom stereocenters. The maximum absolute atomic E-state index is 11.8. The van der Waals surface area contributed by atoms with Gasteiger partial charge in [-0.15, -0.1) is 11.3 Å². The lowest BCUT2D eigenvalue weighted by Gasteiger charge is -2.06. The number of anilines is 1. The van der Waals surface area contributed by atoms with Crippen LogP contribution in [0.15, 0.2) is 40.2 Å². The first-order chi connectivity index (χ1) is 8.15. The summed E-state index contributed by atoms with van der Waals surface area (Å²) in [6, 6.07) is 11.7. The molecule has 0 fully saturated rings. The summed E-state index contributed by atoms with van der Waals surface area (Å²) >= 11 is 4.97. The monoisotopic (exact) mass is 309 g/mol. The molecule has 2 aromatic rings. The molecule has 0 spiro atoms. The Hall–Kier alpha value is -1.13. The van der Waals surface area contributed by atoms with E-state index in [1.54, 1.807) is 11.3 Å². The molecule has 0 saturated heterocycles. The highest BCUT2D eigenvalue weighted by atomic mass is 79.9. The van der Waals surface area contributed by atoms with Crippen LogP contribution in [0.5, 0.6) is 0 Å². The predicted octanol–water partition coefficient (Wildman–Crippen LogP) is 4.00. The molecule has 0 aliphatic rings. The first kappa shape index (κ1) is 12.3. The number of benzene rings is 1. The Bertz CT molecular complexity index is 536. The van der Waals surface area contributed by atoms with Crippen LogP contribution in [0.25, 0.3) is 0 Å². The zero-order valence-electron chi connectivity index (χ0n) is 9.37. The van der Waals surface area contributed by atoms with Crippen molar-refractivity contribution in [2.24, 2.45) is 0 Å². The minimum Gasteiger partial charge on any atom is -0.326 e. The van der Waals surface area contributed by atoms with E-state index in [-0.39, 0.29) is 5.91 Å². The van der Waals surface area contributed by atoms with Crippen molar-refractivity contribution in [1.29, 1.82) is 0 Å². The van der Waals surface area contributed by atoms with Gasteiger partial charge in [-0.3, -0.25) is 4.79 Å². The van der Waals surface area contributed by atoms with Gasteiger partial charge >= 0.3 is 0 Å². The molecule has 88 valence electrons. The van der Waals surface area contributed by atoms with Crippen LogP contribution in [-0.4, -0.2) is 5.91 Å². The smallest absolute Gasteiger partial charge is 0.229 e. The first-order valence-electron chi connectivity index (χ1n) is 5.25.